The predicted molar refractivity (Wildman–Crippen MR) is 66.7 cm³/mol. The van der Waals surface area contributed by atoms with Gasteiger partial charge in [0.1, 0.15) is 11.6 Å². The van der Waals surface area contributed by atoms with Crippen LogP contribution >= 0.6 is 0 Å². The lowest BCUT2D eigenvalue weighted by atomic mass is 10.1. The molecule has 0 aromatic heterocycles. The molecule has 0 unspecified atom stereocenters. The molecule has 1 aliphatic heterocycles. The number of piperidine rings is 1. The SMILES string of the molecule is O=C(CN1CCC[C@H](O)C1)Nc1cc(F)cc(F)c1. The number of aliphatic hydroxyl groups is 1. The van der Waals surface area contributed by atoms with Crippen LogP contribution < -0.4 is 5.32 Å². The number of carbonyl (C=O) groups excluding carboxylic acids is 1. The van der Waals surface area contributed by atoms with Crippen molar-refractivity contribution < 1.29 is 18.7 Å². The summed E-state index contributed by atoms with van der Waals surface area (Å²) in [7, 11) is 0. The number of halogens is 2. The highest BCUT2D eigenvalue weighted by molar-refractivity contribution is 5.92. The van der Waals surface area contributed by atoms with Gasteiger partial charge in [-0.3, -0.25) is 9.69 Å². The first-order valence-electron chi connectivity index (χ1n) is 6.19. The number of hydrogen-bond donors (Lipinski definition) is 2. The highest BCUT2D eigenvalue weighted by Crippen LogP contribution is 2.13. The molecule has 1 aromatic rings. The van der Waals surface area contributed by atoms with Gasteiger partial charge in [-0.15, -0.1) is 0 Å². The van der Waals surface area contributed by atoms with Crippen molar-refractivity contribution in [2.24, 2.45) is 0 Å². The maximum absolute atomic E-state index is 13.0. The Hall–Kier alpha value is -1.53. The number of carbonyl (C=O) groups is 1. The van der Waals surface area contributed by atoms with Gasteiger partial charge in [-0.2, -0.15) is 0 Å². The van der Waals surface area contributed by atoms with E-state index in [-0.39, 0.29) is 18.1 Å². The largest absolute Gasteiger partial charge is 0.392 e. The van der Waals surface area contributed by atoms with Crippen molar-refractivity contribution in [3.8, 4) is 0 Å². The maximum atomic E-state index is 13.0. The summed E-state index contributed by atoms with van der Waals surface area (Å²) in [5.74, 6) is -1.81. The van der Waals surface area contributed by atoms with Crippen LogP contribution in [0.1, 0.15) is 12.8 Å². The molecule has 19 heavy (non-hydrogen) atoms. The Morgan fingerprint density at radius 3 is 2.68 bits per heavy atom. The van der Waals surface area contributed by atoms with Crippen molar-refractivity contribution >= 4 is 11.6 Å². The number of hydrogen-bond acceptors (Lipinski definition) is 3. The van der Waals surface area contributed by atoms with E-state index in [1.807, 2.05) is 4.90 Å². The summed E-state index contributed by atoms with van der Waals surface area (Å²) in [5, 5.41) is 11.9. The number of anilines is 1. The number of β-amino-alcohol motifs (C(OH)–C–C–N with tert-alkyl or cyclic N) is 1. The van der Waals surface area contributed by atoms with Crippen LogP contribution in [0.2, 0.25) is 0 Å². The molecule has 1 aromatic carbocycles. The first-order valence-corrected chi connectivity index (χ1v) is 6.19. The minimum Gasteiger partial charge on any atom is -0.392 e. The predicted octanol–water partition coefficient (Wildman–Crippen LogP) is 1.36. The molecule has 104 valence electrons. The van der Waals surface area contributed by atoms with Gasteiger partial charge in [-0.1, -0.05) is 0 Å². The number of benzene rings is 1. The fourth-order valence-corrected chi connectivity index (χ4v) is 2.20. The first-order chi connectivity index (χ1) is 9.02. The third kappa shape index (κ3) is 4.25. The van der Waals surface area contributed by atoms with Crippen molar-refractivity contribution in [1.82, 2.24) is 4.90 Å². The Kier molecular flexibility index (Phi) is 4.44. The molecule has 4 nitrogen and oxygen atoms in total. The summed E-state index contributed by atoms with van der Waals surface area (Å²) in [6.45, 7) is 1.29. The standard InChI is InChI=1S/C13H16F2N2O2/c14-9-4-10(15)6-11(5-9)16-13(19)8-17-3-1-2-12(18)7-17/h4-6,12,18H,1-3,7-8H2,(H,16,19)/t12-/m0/s1. The molecule has 1 fully saturated rings. The average Bonchev–Trinajstić information content (AvgIpc) is 2.26. The molecule has 1 atom stereocenters. The van der Waals surface area contributed by atoms with Crippen LogP contribution in [0.5, 0.6) is 0 Å². The van der Waals surface area contributed by atoms with E-state index in [0.717, 1.165) is 37.6 Å². The summed E-state index contributed by atoms with van der Waals surface area (Å²) in [5.41, 5.74) is 0.0973. The number of nitrogens with one attached hydrogen (secondary N) is 1. The summed E-state index contributed by atoms with van der Waals surface area (Å²) in [6.07, 6.45) is 1.17. The Morgan fingerprint density at radius 2 is 2.05 bits per heavy atom. The van der Waals surface area contributed by atoms with Crippen LogP contribution in [0.15, 0.2) is 18.2 Å². The van der Waals surface area contributed by atoms with Crippen LogP contribution in [0.25, 0.3) is 0 Å². The lowest BCUT2D eigenvalue weighted by Gasteiger charge is -2.29. The minimum atomic E-state index is -0.733. The first kappa shape index (κ1) is 13.9. The molecule has 0 aliphatic carbocycles. The van der Waals surface area contributed by atoms with Gasteiger partial charge in [-0.25, -0.2) is 8.78 Å². The van der Waals surface area contributed by atoms with Gasteiger partial charge >= 0.3 is 0 Å². The van der Waals surface area contributed by atoms with E-state index < -0.39 is 17.7 Å². The Bertz CT molecular complexity index is 448. The molecular formula is C13H16F2N2O2. The molecular weight excluding hydrogens is 254 g/mol. The number of amides is 1. The van der Waals surface area contributed by atoms with Crippen LogP contribution in [-0.4, -0.2) is 41.7 Å². The number of aliphatic hydroxyl groups excluding tert-OH is 1. The van der Waals surface area contributed by atoms with Gasteiger partial charge in [0.25, 0.3) is 0 Å². The fourth-order valence-electron chi connectivity index (χ4n) is 2.20. The van der Waals surface area contributed by atoms with Gasteiger partial charge in [0, 0.05) is 18.3 Å². The zero-order valence-electron chi connectivity index (χ0n) is 10.4. The molecule has 1 aliphatic rings. The molecule has 0 saturated carbocycles. The molecule has 0 spiro atoms. The van der Waals surface area contributed by atoms with E-state index in [2.05, 4.69) is 5.32 Å². The topological polar surface area (TPSA) is 52.6 Å². The van der Waals surface area contributed by atoms with Gasteiger partial charge in [0.15, 0.2) is 0 Å². The van der Waals surface area contributed by atoms with Crippen LogP contribution in [0.3, 0.4) is 0 Å². The smallest absolute Gasteiger partial charge is 0.238 e. The van der Waals surface area contributed by atoms with Crippen molar-refractivity contribution in [1.29, 1.82) is 0 Å². The lowest BCUT2D eigenvalue weighted by molar-refractivity contribution is -0.118. The van der Waals surface area contributed by atoms with E-state index in [9.17, 15) is 18.7 Å². The van der Waals surface area contributed by atoms with E-state index in [1.165, 1.54) is 0 Å². The second kappa shape index (κ2) is 6.08. The molecule has 0 radical (unpaired) electrons. The zero-order chi connectivity index (χ0) is 13.8. The van der Waals surface area contributed by atoms with Crippen molar-refractivity contribution in [3.05, 3.63) is 29.8 Å². The summed E-state index contributed by atoms with van der Waals surface area (Å²) >= 11 is 0. The van der Waals surface area contributed by atoms with Gasteiger partial charge in [-0.05, 0) is 31.5 Å². The Labute approximate surface area is 110 Å². The maximum Gasteiger partial charge on any atom is 0.238 e. The van der Waals surface area contributed by atoms with Crippen LogP contribution in [-0.2, 0) is 4.79 Å². The van der Waals surface area contributed by atoms with E-state index in [0.29, 0.717) is 6.54 Å². The highest BCUT2D eigenvalue weighted by atomic mass is 19.1. The van der Waals surface area contributed by atoms with Crippen molar-refractivity contribution in [2.45, 2.75) is 18.9 Å². The third-order valence-electron chi connectivity index (χ3n) is 2.99. The summed E-state index contributed by atoms with van der Waals surface area (Å²) in [6, 6.07) is 2.87. The normalized spacial score (nSPS) is 20.3. The van der Waals surface area contributed by atoms with E-state index >= 15 is 0 Å². The number of nitrogens with zero attached hydrogens (tertiary/aromatic N) is 1. The van der Waals surface area contributed by atoms with Crippen molar-refractivity contribution in [2.75, 3.05) is 25.0 Å². The van der Waals surface area contributed by atoms with Crippen LogP contribution in [0.4, 0.5) is 14.5 Å². The lowest BCUT2D eigenvalue weighted by Crippen LogP contribution is -2.42. The molecule has 1 amide bonds. The Morgan fingerprint density at radius 1 is 1.37 bits per heavy atom. The quantitative estimate of drug-likeness (QED) is 0.872. The summed E-state index contributed by atoms with van der Waals surface area (Å²) < 4.78 is 25.9. The second-order valence-electron chi connectivity index (χ2n) is 4.74. The molecule has 2 N–H and O–H groups in total. The fraction of sp³-hybridized carbons (Fsp3) is 0.462. The van der Waals surface area contributed by atoms with Crippen molar-refractivity contribution in [3.63, 3.8) is 0 Å². The minimum absolute atomic E-state index is 0.0973. The second-order valence-corrected chi connectivity index (χ2v) is 4.74. The van der Waals surface area contributed by atoms with E-state index in [4.69, 9.17) is 0 Å². The summed E-state index contributed by atoms with van der Waals surface area (Å²) in [4.78, 5) is 13.5. The monoisotopic (exact) mass is 270 g/mol. The number of likely N-dealkylation sites (tertiary alicyclic amines) is 1. The number of rotatable bonds is 3. The highest BCUT2D eigenvalue weighted by Gasteiger charge is 2.19. The van der Waals surface area contributed by atoms with E-state index in [1.54, 1.807) is 0 Å². The van der Waals surface area contributed by atoms with Gasteiger partial charge in [0.2, 0.25) is 5.91 Å². The Balaban J connectivity index is 1.90. The molecule has 2 rings (SSSR count). The zero-order valence-corrected chi connectivity index (χ0v) is 10.4. The third-order valence-corrected chi connectivity index (χ3v) is 2.99. The molecule has 1 heterocycles. The van der Waals surface area contributed by atoms with Crippen LogP contribution in [0, 0.1) is 11.6 Å². The van der Waals surface area contributed by atoms with Gasteiger partial charge in [0.05, 0.1) is 12.6 Å². The molecule has 6 heteroatoms. The van der Waals surface area contributed by atoms with Gasteiger partial charge < -0.3 is 10.4 Å². The molecule has 0 bridgehead atoms. The molecule has 1 saturated heterocycles. The average molecular weight is 270 g/mol.